The van der Waals surface area contributed by atoms with E-state index in [1.54, 1.807) is 13.2 Å². The van der Waals surface area contributed by atoms with Crippen molar-refractivity contribution in [2.75, 3.05) is 19.0 Å². The van der Waals surface area contributed by atoms with Gasteiger partial charge in [0.15, 0.2) is 0 Å². The summed E-state index contributed by atoms with van der Waals surface area (Å²) in [7, 11) is 1.59. The molecule has 1 rings (SSSR count). The van der Waals surface area contributed by atoms with Crippen LogP contribution in [0.2, 0.25) is 0 Å². The summed E-state index contributed by atoms with van der Waals surface area (Å²) in [5.74, 6) is 0.617. The number of carbonyl (C=O) groups is 1. The number of nitrogens with one attached hydrogen (secondary N) is 1. The SMILES string of the molecule is COc1cccc(NC(=O)C(C)(C)CN)c1.Cl. The summed E-state index contributed by atoms with van der Waals surface area (Å²) in [4.78, 5) is 11.8. The van der Waals surface area contributed by atoms with Crippen LogP contribution in [0.5, 0.6) is 5.75 Å². The summed E-state index contributed by atoms with van der Waals surface area (Å²) in [6, 6.07) is 7.23. The van der Waals surface area contributed by atoms with Gasteiger partial charge in [-0.3, -0.25) is 4.79 Å². The van der Waals surface area contributed by atoms with Crippen molar-refractivity contribution in [2.45, 2.75) is 13.8 Å². The summed E-state index contributed by atoms with van der Waals surface area (Å²) < 4.78 is 5.07. The van der Waals surface area contributed by atoms with Gasteiger partial charge >= 0.3 is 0 Å². The van der Waals surface area contributed by atoms with Crippen LogP contribution in [0.15, 0.2) is 24.3 Å². The molecule has 0 fully saturated rings. The van der Waals surface area contributed by atoms with Gasteiger partial charge < -0.3 is 15.8 Å². The van der Waals surface area contributed by atoms with Crippen molar-refractivity contribution in [3.8, 4) is 5.75 Å². The Morgan fingerprint density at radius 2 is 2.12 bits per heavy atom. The number of nitrogens with two attached hydrogens (primary N) is 1. The average molecular weight is 259 g/mol. The predicted molar refractivity (Wildman–Crippen MR) is 71.7 cm³/mol. The van der Waals surface area contributed by atoms with Gasteiger partial charge in [-0.2, -0.15) is 0 Å². The fraction of sp³-hybridized carbons (Fsp3) is 0.417. The molecular formula is C12H19ClN2O2. The standard InChI is InChI=1S/C12H18N2O2.ClH/c1-12(2,8-13)11(15)14-9-5-4-6-10(7-9)16-3;/h4-7H,8,13H2,1-3H3,(H,14,15);1H. The zero-order chi connectivity index (χ0) is 12.2. The normalized spacial score (nSPS) is 10.4. The third-order valence-electron chi connectivity index (χ3n) is 2.45. The van der Waals surface area contributed by atoms with E-state index in [0.29, 0.717) is 18.0 Å². The number of benzene rings is 1. The van der Waals surface area contributed by atoms with Crippen molar-refractivity contribution in [2.24, 2.45) is 11.1 Å². The van der Waals surface area contributed by atoms with E-state index in [2.05, 4.69) is 5.32 Å². The van der Waals surface area contributed by atoms with Crippen molar-refractivity contribution in [3.05, 3.63) is 24.3 Å². The Bertz CT molecular complexity index is 381. The van der Waals surface area contributed by atoms with E-state index in [1.165, 1.54) is 0 Å². The summed E-state index contributed by atoms with van der Waals surface area (Å²) in [6.07, 6.45) is 0. The van der Waals surface area contributed by atoms with Gasteiger partial charge in [0.2, 0.25) is 5.91 Å². The molecule has 0 saturated heterocycles. The minimum atomic E-state index is -0.566. The zero-order valence-electron chi connectivity index (χ0n) is 10.3. The van der Waals surface area contributed by atoms with E-state index in [1.807, 2.05) is 32.0 Å². The van der Waals surface area contributed by atoms with Crippen LogP contribution in [-0.2, 0) is 4.79 Å². The molecule has 0 aliphatic heterocycles. The maximum Gasteiger partial charge on any atom is 0.231 e. The largest absolute Gasteiger partial charge is 0.497 e. The van der Waals surface area contributed by atoms with E-state index in [9.17, 15) is 4.79 Å². The predicted octanol–water partition coefficient (Wildman–Crippen LogP) is 2.04. The number of methoxy groups -OCH3 is 1. The molecule has 0 heterocycles. The Morgan fingerprint density at radius 1 is 1.47 bits per heavy atom. The maximum absolute atomic E-state index is 11.8. The van der Waals surface area contributed by atoms with Gasteiger partial charge in [0.05, 0.1) is 12.5 Å². The minimum Gasteiger partial charge on any atom is -0.497 e. The Morgan fingerprint density at radius 3 is 2.65 bits per heavy atom. The summed E-state index contributed by atoms with van der Waals surface area (Å²) in [5.41, 5.74) is 5.68. The molecule has 4 nitrogen and oxygen atoms in total. The van der Waals surface area contributed by atoms with E-state index in [-0.39, 0.29) is 18.3 Å². The van der Waals surface area contributed by atoms with Gasteiger partial charge in [-0.1, -0.05) is 6.07 Å². The summed E-state index contributed by atoms with van der Waals surface area (Å²) in [5, 5.41) is 2.81. The molecule has 1 aromatic carbocycles. The molecule has 1 aromatic rings. The van der Waals surface area contributed by atoms with Crippen LogP contribution in [0, 0.1) is 5.41 Å². The molecule has 0 aliphatic rings. The summed E-state index contributed by atoms with van der Waals surface area (Å²) in [6.45, 7) is 3.92. The van der Waals surface area contributed by atoms with Crippen molar-refractivity contribution in [1.29, 1.82) is 0 Å². The fourth-order valence-electron chi connectivity index (χ4n) is 1.09. The molecule has 0 aliphatic carbocycles. The highest BCUT2D eigenvalue weighted by Crippen LogP contribution is 2.20. The molecule has 0 saturated carbocycles. The van der Waals surface area contributed by atoms with E-state index in [0.717, 1.165) is 0 Å². The maximum atomic E-state index is 11.8. The van der Waals surface area contributed by atoms with Crippen LogP contribution in [-0.4, -0.2) is 19.6 Å². The third kappa shape index (κ3) is 4.24. The second kappa shape index (κ2) is 6.47. The average Bonchev–Trinajstić information content (AvgIpc) is 2.29. The molecule has 5 heteroatoms. The molecule has 1 amide bonds. The fourth-order valence-corrected chi connectivity index (χ4v) is 1.09. The Hall–Kier alpha value is -1.26. The number of halogens is 1. The molecular weight excluding hydrogens is 240 g/mol. The van der Waals surface area contributed by atoms with Gasteiger partial charge in [0.25, 0.3) is 0 Å². The van der Waals surface area contributed by atoms with Gasteiger partial charge in [-0.25, -0.2) is 0 Å². The van der Waals surface area contributed by atoms with Crippen LogP contribution in [0.4, 0.5) is 5.69 Å². The molecule has 0 atom stereocenters. The van der Waals surface area contributed by atoms with E-state index < -0.39 is 5.41 Å². The number of amides is 1. The lowest BCUT2D eigenvalue weighted by molar-refractivity contribution is -0.123. The number of hydrogen-bond donors (Lipinski definition) is 2. The second-order valence-electron chi connectivity index (χ2n) is 4.27. The van der Waals surface area contributed by atoms with Crippen LogP contribution in [0.1, 0.15) is 13.8 Å². The monoisotopic (exact) mass is 258 g/mol. The Balaban J connectivity index is 0.00000256. The lowest BCUT2D eigenvalue weighted by atomic mass is 9.92. The molecule has 3 N–H and O–H groups in total. The van der Waals surface area contributed by atoms with Crippen LogP contribution in [0.25, 0.3) is 0 Å². The highest BCUT2D eigenvalue weighted by molar-refractivity contribution is 5.95. The van der Waals surface area contributed by atoms with Crippen LogP contribution < -0.4 is 15.8 Å². The van der Waals surface area contributed by atoms with Crippen molar-refractivity contribution < 1.29 is 9.53 Å². The van der Waals surface area contributed by atoms with E-state index >= 15 is 0 Å². The van der Waals surface area contributed by atoms with Gasteiger partial charge in [-0.05, 0) is 26.0 Å². The minimum absolute atomic E-state index is 0. The van der Waals surface area contributed by atoms with Gasteiger partial charge in [0.1, 0.15) is 5.75 Å². The molecule has 0 spiro atoms. The first-order valence-corrected chi connectivity index (χ1v) is 5.15. The molecule has 96 valence electrons. The molecule has 17 heavy (non-hydrogen) atoms. The quantitative estimate of drug-likeness (QED) is 0.869. The molecule has 0 bridgehead atoms. The number of carbonyl (C=O) groups excluding carboxylic acids is 1. The Kier molecular flexibility index (Phi) is 5.99. The highest BCUT2D eigenvalue weighted by Gasteiger charge is 2.25. The number of hydrogen-bond acceptors (Lipinski definition) is 3. The first kappa shape index (κ1) is 15.7. The van der Waals surface area contributed by atoms with Crippen LogP contribution in [0.3, 0.4) is 0 Å². The van der Waals surface area contributed by atoms with Crippen LogP contribution >= 0.6 is 12.4 Å². The van der Waals surface area contributed by atoms with E-state index in [4.69, 9.17) is 10.5 Å². The number of rotatable bonds is 4. The molecule has 0 unspecified atom stereocenters. The smallest absolute Gasteiger partial charge is 0.231 e. The number of anilines is 1. The molecule has 0 radical (unpaired) electrons. The topological polar surface area (TPSA) is 64.3 Å². The first-order valence-electron chi connectivity index (χ1n) is 5.15. The second-order valence-corrected chi connectivity index (χ2v) is 4.27. The first-order chi connectivity index (χ1) is 7.49. The third-order valence-corrected chi connectivity index (χ3v) is 2.45. The van der Waals surface area contributed by atoms with Crippen molar-refractivity contribution in [1.82, 2.24) is 0 Å². The van der Waals surface area contributed by atoms with Crippen molar-refractivity contribution >= 4 is 24.0 Å². The lowest BCUT2D eigenvalue weighted by Crippen LogP contribution is -2.37. The van der Waals surface area contributed by atoms with Crippen molar-refractivity contribution in [3.63, 3.8) is 0 Å². The lowest BCUT2D eigenvalue weighted by Gasteiger charge is -2.21. The van der Waals surface area contributed by atoms with Gasteiger partial charge in [-0.15, -0.1) is 12.4 Å². The summed E-state index contributed by atoms with van der Waals surface area (Å²) >= 11 is 0. The highest BCUT2D eigenvalue weighted by atomic mass is 35.5. The number of ether oxygens (including phenoxy) is 1. The zero-order valence-corrected chi connectivity index (χ0v) is 11.1. The van der Waals surface area contributed by atoms with Gasteiger partial charge in [0, 0.05) is 18.3 Å². The molecule has 0 aromatic heterocycles. The Labute approximate surface area is 108 Å².